The molecule has 2 rings (SSSR count). The van der Waals surface area contributed by atoms with Crippen LogP contribution in [0.1, 0.15) is 16.0 Å². The first-order chi connectivity index (χ1) is 11.7. The van der Waals surface area contributed by atoms with E-state index in [1.165, 1.54) is 25.6 Å². The Balaban J connectivity index is 2.50. The van der Waals surface area contributed by atoms with Gasteiger partial charge in [0.1, 0.15) is 29.4 Å². The van der Waals surface area contributed by atoms with Gasteiger partial charge in [-0.3, -0.25) is 0 Å². The maximum absolute atomic E-state index is 6.40. The number of halogens is 2. The molecule has 0 saturated carbocycles. The van der Waals surface area contributed by atoms with Gasteiger partial charge in [-0.15, -0.1) is 11.3 Å². The van der Waals surface area contributed by atoms with E-state index in [2.05, 4.69) is 18.5 Å². The van der Waals surface area contributed by atoms with E-state index < -0.39 is 0 Å². The van der Waals surface area contributed by atoms with Crippen molar-refractivity contribution in [1.82, 2.24) is 0 Å². The van der Waals surface area contributed by atoms with Crippen LogP contribution >= 0.6 is 34.5 Å². The molecule has 0 aliphatic heterocycles. The second-order valence-electron chi connectivity index (χ2n) is 5.22. The molecular formula is C17H17BCl2N2O2S. The van der Waals surface area contributed by atoms with Crippen molar-refractivity contribution in [1.29, 1.82) is 0 Å². The smallest absolute Gasteiger partial charge is 0.136 e. The summed E-state index contributed by atoms with van der Waals surface area (Å²) in [5, 5.41) is 5.54. The minimum absolute atomic E-state index is 0.226. The Hall–Kier alpha value is -1.76. The maximum atomic E-state index is 6.40. The summed E-state index contributed by atoms with van der Waals surface area (Å²) in [4.78, 5) is 0.905. The van der Waals surface area contributed by atoms with Gasteiger partial charge in [-0.1, -0.05) is 36.4 Å². The van der Waals surface area contributed by atoms with E-state index in [-0.39, 0.29) is 27.0 Å². The lowest BCUT2D eigenvalue weighted by Crippen LogP contribution is -2.14. The van der Waals surface area contributed by atoms with Crippen molar-refractivity contribution < 1.29 is 9.47 Å². The van der Waals surface area contributed by atoms with Gasteiger partial charge in [0.25, 0.3) is 0 Å². The summed E-state index contributed by atoms with van der Waals surface area (Å²) in [6, 6.07) is 0. The van der Waals surface area contributed by atoms with Crippen molar-refractivity contribution in [2.24, 2.45) is 5.73 Å². The van der Waals surface area contributed by atoms with Crippen LogP contribution in [0.25, 0.3) is 11.4 Å². The molecule has 0 aliphatic carbocycles. The zero-order valence-corrected chi connectivity index (χ0v) is 16.5. The van der Waals surface area contributed by atoms with Crippen LogP contribution in [-0.4, -0.2) is 22.1 Å². The van der Waals surface area contributed by atoms with E-state index in [0.29, 0.717) is 17.1 Å². The summed E-state index contributed by atoms with van der Waals surface area (Å²) >= 11 is 14.3. The third-order valence-electron chi connectivity index (χ3n) is 3.67. The van der Waals surface area contributed by atoms with Gasteiger partial charge in [0.15, 0.2) is 0 Å². The molecule has 0 spiro atoms. The lowest BCUT2D eigenvalue weighted by atomic mass is 9.93. The predicted octanol–water partition coefficient (Wildman–Crippen LogP) is 4.19. The molecule has 1 aromatic heterocycles. The molecule has 0 atom stereocenters. The fourth-order valence-corrected chi connectivity index (χ4v) is 4.10. The van der Waals surface area contributed by atoms with Gasteiger partial charge in [0, 0.05) is 22.3 Å². The Labute approximate surface area is 162 Å². The molecule has 0 amide bonds. The van der Waals surface area contributed by atoms with E-state index >= 15 is 0 Å². The van der Waals surface area contributed by atoms with Gasteiger partial charge < -0.3 is 20.5 Å². The topological polar surface area (TPSA) is 56.5 Å². The number of hydrogen-bond acceptors (Lipinski definition) is 5. The molecule has 1 heterocycles. The molecule has 8 heteroatoms. The normalized spacial score (nSPS) is 10.4. The van der Waals surface area contributed by atoms with Crippen molar-refractivity contribution in [3.05, 3.63) is 44.6 Å². The van der Waals surface area contributed by atoms with Gasteiger partial charge in [-0.2, -0.15) is 0 Å². The molecule has 3 N–H and O–H groups in total. The molecule has 2 aromatic rings. The van der Waals surface area contributed by atoms with Crippen molar-refractivity contribution in [3.63, 3.8) is 0 Å². The SMILES string of the molecule is [B]c1c(OC)c(Cl)c(NC(=C)c2csc(C(=C)N)c2C)c(Cl)c1OC. The number of hydrogen-bond donors (Lipinski definition) is 2. The first-order valence-corrected chi connectivity index (χ1v) is 8.75. The van der Waals surface area contributed by atoms with Crippen LogP contribution in [-0.2, 0) is 0 Å². The average Bonchev–Trinajstić information content (AvgIpc) is 2.94. The second kappa shape index (κ2) is 7.64. The van der Waals surface area contributed by atoms with E-state index in [0.717, 1.165) is 16.0 Å². The molecule has 130 valence electrons. The van der Waals surface area contributed by atoms with Gasteiger partial charge in [-0.25, -0.2) is 0 Å². The van der Waals surface area contributed by atoms with Crippen LogP contribution < -0.4 is 26.0 Å². The number of rotatable bonds is 6. The molecule has 2 radical (unpaired) electrons. The van der Waals surface area contributed by atoms with E-state index in [4.69, 9.17) is 46.3 Å². The molecule has 0 saturated heterocycles. The Bertz CT molecular complexity index is 834. The minimum Gasteiger partial charge on any atom is -0.496 e. The summed E-state index contributed by atoms with van der Waals surface area (Å²) in [7, 11) is 8.91. The maximum Gasteiger partial charge on any atom is 0.136 e. The summed E-state index contributed by atoms with van der Waals surface area (Å²) in [6.07, 6.45) is 0. The quantitative estimate of drug-likeness (QED) is 0.721. The lowest BCUT2D eigenvalue weighted by molar-refractivity contribution is 0.401. The Morgan fingerprint density at radius 2 is 1.72 bits per heavy atom. The van der Waals surface area contributed by atoms with Crippen molar-refractivity contribution in [2.75, 3.05) is 19.5 Å². The van der Waals surface area contributed by atoms with Crippen LogP contribution in [0.2, 0.25) is 10.0 Å². The third-order valence-corrected chi connectivity index (χ3v) is 5.55. The second-order valence-corrected chi connectivity index (χ2v) is 6.85. The van der Waals surface area contributed by atoms with Crippen LogP contribution in [0, 0.1) is 6.92 Å². The molecular weight excluding hydrogens is 378 g/mol. The molecule has 0 unspecified atom stereocenters. The third kappa shape index (κ3) is 3.47. The van der Waals surface area contributed by atoms with Crippen LogP contribution in [0.4, 0.5) is 5.69 Å². The molecule has 0 aliphatic rings. The zero-order chi connectivity index (χ0) is 18.9. The molecule has 4 nitrogen and oxygen atoms in total. The number of methoxy groups -OCH3 is 2. The lowest BCUT2D eigenvalue weighted by Gasteiger charge is -2.20. The van der Waals surface area contributed by atoms with E-state index in [9.17, 15) is 0 Å². The van der Waals surface area contributed by atoms with E-state index in [1.807, 2.05) is 12.3 Å². The van der Waals surface area contributed by atoms with Crippen LogP contribution in [0.5, 0.6) is 11.5 Å². The number of nitrogens with two attached hydrogens (primary N) is 1. The average molecular weight is 395 g/mol. The van der Waals surface area contributed by atoms with Crippen LogP contribution in [0.15, 0.2) is 18.5 Å². The summed E-state index contributed by atoms with van der Waals surface area (Å²) in [6.45, 7) is 9.78. The number of benzene rings is 1. The van der Waals surface area contributed by atoms with Crippen molar-refractivity contribution in [2.45, 2.75) is 6.92 Å². The number of anilines is 1. The number of ether oxygens (including phenoxy) is 2. The largest absolute Gasteiger partial charge is 0.496 e. The Morgan fingerprint density at radius 3 is 2.12 bits per heavy atom. The molecule has 1 aromatic carbocycles. The van der Waals surface area contributed by atoms with Crippen LogP contribution in [0.3, 0.4) is 0 Å². The summed E-state index contributed by atoms with van der Waals surface area (Å²) in [5.74, 6) is 0.549. The summed E-state index contributed by atoms with van der Waals surface area (Å²) in [5.41, 5.74) is 9.38. The fourth-order valence-electron chi connectivity index (χ4n) is 2.42. The highest BCUT2D eigenvalue weighted by Gasteiger charge is 2.22. The number of nitrogens with one attached hydrogen (secondary N) is 1. The highest BCUT2D eigenvalue weighted by molar-refractivity contribution is 7.11. The highest BCUT2D eigenvalue weighted by atomic mass is 35.5. The predicted molar refractivity (Wildman–Crippen MR) is 110 cm³/mol. The summed E-state index contributed by atoms with van der Waals surface area (Å²) < 4.78 is 10.5. The van der Waals surface area contributed by atoms with E-state index in [1.54, 1.807) is 0 Å². The highest BCUT2D eigenvalue weighted by Crippen LogP contribution is 2.43. The van der Waals surface area contributed by atoms with Gasteiger partial charge in [0.2, 0.25) is 0 Å². The first-order valence-electron chi connectivity index (χ1n) is 7.12. The Morgan fingerprint density at radius 1 is 1.20 bits per heavy atom. The van der Waals surface area contributed by atoms with Gasteiger partial charge in [0.05, 0.1) is 24.8 Å². The molecule has 25 heavy (non-hydrogen) atoms. The van der Waals surface area contributed by atoms with Gasteiger partial charge >= 0.3 is 0 Å². The molecule has 0 fully saturated rings. The Kier molecular flexibility index (Phi) is 5.98. The minimum atomic E-state index is 0.226. The van der Waals surface area contributed by atoms with Gasteiger partial charge in [-0.05, 0) is 17.9 Å². The standard InChI is InChI=1S/C17H17BCl2N2O2S/c1-7-10(6-25-17(7)8(2)21)9(3)22-14-12(19)15(23-4)11(18)16(24-5)13(14)20/h6,22H,2-3,21H2,1,4-5H3. The number of thiophene rings is 1. The first kappa shape index (κ1) is 19.6. The molecule has 0 bridgehead atoms. The monoisotopic (exact) mass is 394 g/mol. The van der Waals surface area contributed by atoms with Crippen molar-refractivity contribution >= 4 is 64.9 Å². The van der Waals surface area contributed by atoms with Crippen molar-refractivity contribution in [3.8, 4) is 11.5 Å². The fraction of sp³-hybridized carbons (Fsp3) is 0.176. The zero-order valence-electron chi connectivity index (χ0n) is 14.1.